The molecular formula is C43H44N4O9S. The van der Waals surface area contributed by atoms with Gasteiger partial charge >= 0.3 is 12.1 Å². The predicted octanol–water partition coefficient (Wildman–Crippen LogP) is 8.36. The maximum Gasteiger partial charge on any atom is 0.407 e. The van der Waals surface area contributed by atoms with Gasteiger partial charge in [-0.2, -0.15) is 0 Å². The van der Waals surface area contributed by atoms with E-state index in [4.69, 9.17) is 23.7 Å². The number of anilines is 2. The summed E-state index contributed by atoms with van der Waals surface area (Å²) in [5, 5.41) is 10.7. The van der Waals surface area contributed by atoms with E-state index in [9.17, 15) is 19.2 Å². The van der Waals surface area contributed by atoms with Crippen LogP contribution < -0.4 is 30.2 Å². The van der Waals surface area contributed by atoms with Crippen LogP contribution in [0.25, 0.3) is 21.6 Å². The van der Waals surface area contributed by atoms with Gasteiger partial charge in [0, 0.05) is 69.7 Å². The molecule has 0 radical (unpaired) electrons. The number of nitrogens with one attached hydrogen (secondary N) is 3. The van der Waals surface area contributed by atoms with Crippen LogP contribution in [0.3, 0.4) is 0 Å². The highest BCUT2D eigenvalue weighted by molar-refractivity contribution is 7.13. The number of carbonyl (C=O) groups excluding carboxylic acids is 4. The van der Waals surface area contributed by atoms with Crippen molar-refractivity contribution in [1.82, 2.24) is 10.3 Å². The summed E-state index contributed by atoms with van der Waals surface area (Å²) in [5.41, 5.74) is 5.12. The Morgan fingerprint density at radius 2 is 1.53 bits per heavy atom. The smallest absolute Gasteiger partial charge is 0.407 e. The Bertz CT molecular complexity index is 2340. The number of hydrogen-bond donors (Lipinski definition) is 3. The lowest BCUT2D eigenvalue weighted by Crippen LogP contribution is -2.32. The van der Waals surface area contributed by atoms with Crippen molar-refractivity contribution in [3.05, 3.63) is 105 Å². The monoisotopic (exact) mass is 792 g/mol. The van der Waals surface area contributed by atoms with Crippen molar-refractivity contribution >= 4 is 46.6 Å². The van der Waals surface area contributed by atoms with Crippen molar-refractivity contribution in [1.29, 1.82) is 0 Å². The maximum absolute atomic E-state index is 14.6. The molecule has 2 aromatic heterocycles. The van der Waals surface area contributed by atoms with Gasteiger partial charge in [-0.05, 0) is 92.6 Å². The van der Waals surface area contributed by atoms with Crippen LogP contribution in [0.4, 0.5) is 16.2 Å². The molecule has 0 saturated heterocycles. The summed E-state index contributed by atoms with van der Waals surface area (Å²) in [6, 6.07) is 17.2. The normalized spacial score (nSPS) is 11.9. The van der Waals surface area contributed by atoms with E-state index in [0.717, 1.165) is 32.7 Å². The highest BCUT2D eigenvalue weighted by Gasteiger charge is 2.28. The van der Waals surface area contributed by atoms with Crippen molar-refractivity contribution < 1.29 is 42.9 Å². The number of methoxy groups -OCH3 is 3. The topological polar surface area (TPSA) is 163 Å². The number of rotatable bonds is 10. The minimum absolute atomic E-state index is 0.0753. The van der Waals surface area contributed by atoms with Crippen LogP contribution in [0.5, 0.6) is 17.2 Å². The molecule has 0 fully saturated rings. The Morgan fingerprint density at radius 3 is 2.18 bits per heavy atom. The van der Waals surface area contributed by atoms with Gasteiger partial charge in [0.2, 0.25) is 0 Å². The van der Waals surface area contributed by atoms with Gasteiger partial charge in [0.1, 0.15) is 28.5 Å². The van der Waals surface area contributed by atoms with Crippen LogP contribution in [0.2, 0.25) is 0 Å². The summed E-state index contributed by atoms with van der Waals surface area (Å²) in [6.07, 6.45) is 0.145. The molecular weight excluding hydrogens is 749 g/mol. The van der Waals surface area contributed by atoms with Gasteiger partial charge in [-0.3, -0.25) is 9.59 Å². The number of nitrogens with zero attached hydrogens (tertiary/aromatic N) is 1. The number of amides is 3. The second-order valence-electron chi connectivity index (χ2n) is 14.3. The molecule has 3 N–H and O–H groups in total. The fourth-order valence-corrected chi connectivity index (χ4v) is 7.46. The van der Waals surface area contributed by atoms with Gasteiger partial charge < -0.3 is 39.6 Å². The van der Waals surface area contributed by atoms with Crippen LogP contribution in [-0.4, -0.2) is 62.4 Å². The molecule has 3 amide bonds. The number of aryl methyl sites for hydroxylation is 2. The summed E-state index contributed by atoms with van der Waals surface area (Å²) in [5.74, 6) is -0.415. The van der Waals surface area contributed by atoms with Crippen LogP contribution in [0.15, 0.2) is 66.0 Å². The summed E-state index contributed by atoms with van der Waals surface area (Å²) in [6.45, 7) is 9.76. The first-order valence-corrected chi connectivity index (χ1v) is 19.0. The molecule has 0 spiro atoms. The minimum Gasteiger partial charge on any atom is -0.497 e. The first-order valence-electron chi connectivity index (χ1n) is 18.1. The van der Waals surface area contributed by atoms with Crippen molar-refractivity contribution in [2.24, 2.45) is 0 Å². The third-order valence-electron chi connectivity index (χ3n) is 9.06. The minimum atomic E-state index is -0.812. The highest BCUT2D eigenvalue weighted by Crippen LogP contribution is 2.43. The molecule has 5 aromatic rings. The van der Waals surface area contributed by atoms with Gasteiger partial charge in [0.25, 0.3) is 11.8 Å². The van der Waals surface area contributed by atoms with E-state index in [1.165, 1.54) is 27.4 Å². The lowest BCUT2D eigenvalue weighted by molar-refractivity contribution is 0.0522. The lowest BCUT2D eigenvalue weighted by Gasteiger charge is -2.20. The van der Waals surface area contributed by atoms with Crippen LogP contribution >= 0.6 is 11.3 Å². The number of hydrogen-bond acceptors (Lipinski definition) is 11. The molecule has 0 atom stereocenters. The molecule has 0 unspecified atom stereocenters. The number of fused-ring (bicyclic) bond motifs is 3. The molecule has 3 heterocycles. The lowest BCUT2D eigenvalue weighted by atomic mass is 9.93. The second kappa shape index (κ2) is 16.8. The SMILES string of the molecule is COC(=O)c1nc(C(=O)Nc2cc(OC)cc(OC)c2)ccc1-c1cc2c(cc1C(=O)Nc1c(C)cc(CNC(=O)OC(C)(C)C)cc1C)-c1sccc1CCO2. The van der Waals surface area contributed by atoms with E-state index in [0.29, 0.717) is 47.2 Å². The van der Waals surface area contributed by atoms with Crippen molar-refractivity contribution in [3.63, 3.8) is 0 Å². The Morgan fingerprint density at radius 1 is 0.825 bits per heavy atom. The molecule has 14 heteroatoms. The van der Waals surface area contributed by atoms with E-state index in [1.807, 2.05) is 37.4 Å². The Kier molecular flexibility index (Phi) is 11.8. The molecule has 0 aliphatic carbocycles. The van der Waals surface area contributed by atoms with Gasteiger partial charge in [-0.25, -0.2) is 14.6 Å². The molecule has 0 saturated carbocycles. The summed E-state index contributed by atoms with van der Waals surface area (Å²) in [4.78, 5) is 59.3. The van der Waals surface area contributed by atoms with Gasteiger partial charge in [-0.15, -0.1) is 11.3 Å². The number of alkyl carbamates (subject to hydrolysis) is 1. The fourth-order valence-electron chi connectivity index (χ4n) is 6.48. The number of esters is 1. The number of benzene rings is 3. The first kappa shape index (κ1) is 40.3. The third-order valence-corrected chi connectivity index (χ3v) is 10.0. The Hall–Kier alpha value is -6.41. The zero-order valence-electron chi connectivity index (χ0n) is 33.0. The van der Waals surface area contributed by atoms with Crippen molar-refractivity contribution in [2.45, 2.75) is 53.2 Å². The van der Waals surface area contributed by atoms with Crippen molar-refractivity contribution in [3.8, 4) is 38.8 Å². The van der Waals surface area contributed by atoms with E-state index in [1.54, 1.807) is 68.5 Å². The molecule has 1 aliphatic rings. The number of thiophene rings is 1. The third kappa shape index (κ3) is 9.18. The fraction of sp³-hybridized carbons (Fsp3) is 0.279. The van der Waals surface area contributed by atoms with E-state index < -0.39 is 29.5 Å². The standard InChI is InChI=1S/C43H44N4O9S/c1-23-15-25(22-44-42(51)56-43(3,4)5)16-24(2)36(23)47-39(48)32-20-33-35(55-13-11-26-12-14-57-38(26)33)21-31(32)30-9-10-34(46-37(30)41(50)54-8)40(49)45-27-17-28(52-6)19-29(18-27)53-7/h9-10,12,14-21H,11,13,22H2,1-8H3,(H,44,51)(H,45,49)(H,47,48). The molecule has 0 bridgehead atoms. The number of aromatic nitrogens is 1. The molecule has 13 nitrogen and oxygen atoms in total. The number of ether oxygens (including phenoxy) is 5. The summed E-state index contributed by atoms with van der Waals surface area (Å²) < 4.78 is 27.4. The summed E-state index contributed by atoms with van der Waals surface area (Å²) >= 11 is 1.55. The molecule has 296 valence electrons. The summed E-state index contributed by atoms with van der Waals surface area (Å²) in [7, 11) is 4.21. The highest BCUT2D eigenvalue weighted by atomic mass is 32.1. The molecule has 6 rings (SSSR count). The van der Waals surface area contributed by atoms with E-state index in [2.05, 4.69) is 20.9 Å². The largest absolute Gasteiger partial charge is 0.497 e. The average Bonchev–Trinajstić information content (AvgIpc) is 3.58. The van der Waals surface area contributed by atoms with Crippen LogP contribution in [-0.2, 0) is 22.4 Å². The molecule has 1 aliphatic heterocycles. The Labute approximate surface area is 334 Å². The van der Waals surface area contributed by atoms with Gasteiger partial charge in [-0.1, -0.05) is 12.1 Å². The zero-order valence-corrected chi connectivity index (χ0v) is 33.8. The van der Waals surface area contributed by atoms with Gasteiger partial charge in [0.15, 0.2) is 5.69 Å². The number of carbonyl (C=O) groups is 4. The molecule has 3 aromatic carbocycles. The quantitative estimate of drug-likeness (QED) is 0.117. The predicted molar refractivity (Wildman–Crippen MR) is 218 cm³/mol. The maximum atomic E-state index is 14.6. The van der Waals surface area contributed by atoms with E-state index >= 15 is 0 Å². The molecule has 57 heavy (non-hydrogen) atoms. The zero-order chi connectivity index (χ0) is 41.0. The first-order chi connectivity index (χ1) is 27.2. The van der Waals surface area contributed by atoms with E-state index in [-0.39, 0.29) is 29.1 Å². The average molecular weight is 793 g/mol. The van der Waals surface area contributed by atoms with Gasteiger partial charge in [0.05, 0.1) is 27.9 Å². The van der Waals surface area contributed by atoms with Crippen molar-refractivity contribution in [2.75, 3.05) is 38.6 Å². The second-order valence-corrected chi connectivity index (χ2v) is 15.2. The Balaban J connectivity index is 1.39. The van der Waals surface area contributed by atoms with Crippen LogP contribution in [0, 0.1) is 13.8 Å². The number of pyridine rings is 1. The van der Waals surface area contributed by atoms with Crippen LogP contribution in [0.1, 0.15) is 74.4 Å².